The number of anilines is 2. The van der Waals surface area contributed by atoms with Crippen LogP contribution >= 0.6 is 9.24 Å². The van der Waals surface area contributed by atoms with Crippen LogP contribution < -0.4 is 15.9 Å². The zero-order valence-corrected chi connectivity index (χ0v) is 20.3. The van der Waals surface area contributed by atoms with Gasteiger partial charge in [0, 0.05) is 44.1 Å². The molecule has 172 valence electrons. The molecule has 1 unspecified atom stereocenters. The second-order valence-corrected chi connectivity index (χ2v) is 9.55. The highest BCUT2D eigenvalue weighted by Crippen LogP contribution is 2.17. The number of aryl methyl sites for hydroxylation is 1. The Balaban J connectivity index is 1.54. The number of carbonyl (C=O) groups excluding carboxylic acids is 2. The molecular formula is C23H32N5O3P. The van der Waals surface area contributed by atoms with Crippen molar-refractivity contribution in [2.45, 2.75) is 39.8 Å². The number of amides is 3. The second-order valence-electron chi connectivity index (χ2n) is 8.93. The third-order valence-electron chi connectivity index (χ3n) is 4.97. The van der Waals surface area contributed by atoms with Gasteiger partial charge < -0.3 is 20.3 Å². The van der Waals surface area contributed by atoms with Gasteiger partial charge in [0.05, 0.1) is 11.9 Å². The normalized spacial score (nSPS) is 14.7. The van der Waals surface area contributed by atoms with Crippen LogP contribution in [-0.2, 0) is 11.3 Å². The summed E-state index contributed by atoms with van der Waals surface area (Å²) in [6.07, 6.45) is 1.37. The standard InChI is InChI=1S/C23H32N5O3P/c1-16-5-7-18(14-24-16)25-21(29)26-19-13-17(6-8-20(19)32)15-27-9-11-28(12-10-27)22(30)31-23(2,3)4/h5-8,13-14H,9-12,15,32H2,1-4H3,(H2,25,26,29). The molecule has 1 aliphatic heterocycles. The summed E-state index contributed by atoms with van der Waals surface area (Å²) in [5.74, 6) is 0. The second kappa shape index (κ2) is 10.3. The number of hydrogen-bond acceptors (Lipinski definition) is 5. The highest BCUT2D eigenvalue weighted by atomic mass is 31.0. The largest absolute Gasteiger partial charge is 0.444 e. The van der Waals surface area contributed by atoms with Gasteiger partial charge in [-0.2, -0.15) is 0 Å². The molecule has 3 rings (SSSR count). The fourth-order valence-electron chi connectivity index (χ4n) is 3.31. The van der Waals surface area contributed by atoms with E-state index in [1.54, 1.807) is 11.1 Å². The zero-order valence-electron chi connectivity index (χ0n) is 19.1. The average molecular weight is 458 g/mol. The quantitative estimate of drug-likeness (QED) is 0.686. The van der Waals surface area contributed by atoms with E-state index in [2.05, 4.69) is 35.8 Å². The Kier molecular flexibility index (Phi) is 7.69. The monoisotopic (exact) mass is 457 g/mol. The van der Waals surface area contributed by atoms with Gasteiger partial charge in [0.25, 0.3) is 0 Å². The highest BCUT2D eigenvalue weighted by Gasteiger charge is 2.25. The van der Waals surface area contributed by atoms with Crippen LogP contribution in [0, 0.1) is 6.92 Å². The number of aromatic nitrogens is 1. The van der Waals surface area contributed by atoms with Gasteiger partial charge in [-0.1, -0.05) is 12.1 Å². The summed E-state index contributed by atoms with van der Waals surface area (Å²) in [6, 6.07) is 9.35. The number of nitrogens with one attached hydrogen (secondary N) is 2. The van der Waals surface area contributed by atoms with E-state index in [1.807, 2.05) is 52.0 Å². The number of pyridine rings is 1. The molecule has 3 amide bonds. The first-order valence-electron chi connectivity index (χ1n) is 10.7. The first kappa shape index (κ1) is 24.0. The molecule has 1 aromatic heterocycles. The molecular weight excluding hydrogens is 425 g/mol. The van der Waals surface area contributed by atoms with Crippen LogP contribution in [0.1, 0.15) is 32.0 Å². The van der Waals surface area contributed by atoms with Gasteiger partial charge in [-0.15, -0.1) is 9.24 Å². The van der Waals surface area contributed by atoms with Crippen LogP contribution in [0.5, 0.6) is 0 Å². The molecule has 1 fully saturated rings. The third kappa shape index (κ3) is 7.18. The molecule has 1 saturated heterocycles. The SMILES string of the molecule is Cc1ccc(NC(=O)Nc2cc(CN3CCN(C(=O)OC(C)(C)C)CC3)ccc2P)cn1. The summed E-state index contributed by atoms with van der Waals surface area (Å²) in [4.78, 5) is 32.9. The zero-order chi connectivity index (χ0) is 23.3. The summed E-state index contributed by atoms with van der Waals surface area (Å²) in [6.45, 7) is 11.1. The lowest BCUT2D eigenvalue weighted by molar-refractivity contribution is 0.0139. The molecule has 2 aromatic rings. The molecule has 0 bridgehead atoms. The Morgan fingerprint density at radius 2 is 1.81 bits per heavy atom. The number of nitrogens with zero attached hydrogens (tertiary/aromatic N) is 3. The topological polar surface area (TPSA) is 86.8 Å². The smallest absolute Gasteiger partial charge is 0.410 e. The predicted octanol–water partition coefficient (Wildman–Crippen LogP) is 3.59. The number of urea groups is 1. The Morgan fingerprint density at radius 3 is 2.44 bits per heavy atom. The van der Waals surface area contributed by atoms with Crippen LogP contribution in [0.2, 0.25) is 0 Å². The van der Waals surface area contributed by atoms with Crippen LogP contribution in [-0.4, -0.2) is 58.7 Å². The molecule has 32 heavy (non-hydrogen) atoms. The van der Waals surface area contributed by atoms with E-state index in [-0.39, 0.29) is 12.1 Å². The van der Waals surface area contributed by atoms with Gasteiger partial charge in [0.2, 0.25) is 0 Å². The lowest BCUT2D eigenvalue weighted by Gasteiger charge is -2.35. The molecule has 0 spiro atoms. The van der Waals surface area contributed by atoms with E-state index in [9.17, 15) is 9.59 Å². The number of hydrogen-bond donors (Lipinski definition) is 2. The van der Waals surface area contributed by atoms with Crippen molar-refractivity contribution in [3.63, 3.8) is 0 Å². The van der Waals surface area contributed by atoms with Gasteiger partial charge >= 0.3 is 12.1 Å². The van der Waals surface area contributed by atoms with Crippen molar-refractivity contribution in [3.8, 4) is 0 Å². The van der Waals surface area contributed by atoms with Crippen molar-refractivity contribution < 1.29 is 14.3 Å². The van der Waals surface area contributed by atoms with Crippen molar-refractivity contribution >= 4 is 38.0 Å². The minimum absolute atomic E-state index is 0.259. The van der Waals surface area contributed by atoms with E-state index in [0.717, 1.165) is 41.9 Å². The van der Waals surface area contributed by atoms with E-state index in [4.69, 9.17) is 4.74 Å². The Bertz CT molecular complexity index is 951. The molecule has 0 saturated carbocycles. The van der Waals surface area contributed by atoms with Crippen LogP contribution in [0.15, 0.2) is 36.5 Å². The predicted molar refractivity (Wildman–Crippen MR) is 130 cm³/mol. The van der Waals surface area contributed by atoms with E-state index in [1.165, 1.54) is 0 Å². The van der Waals surface area contributed by atoms with Gasteiger partial charge in [-0.05, 0) is 56.8 Å². The molecule has 9 heteroatoms. The first-order chi connectivity index (χ1) is 15.1. The number of rotatable bonds is 4. The molecule has 2 N–H and O–H groups in total. The number of piperazine rings is 1. The number of benzene rings is 1. The maximum Gasteiger partial charge on any atom is 0.410 e. The van der Waals surface area contributed by atoms with Crippen LogP contribution in [0.25, 0.3) is 0 Å². The van der Waals surface area contributed by atoms with Crippen molar-refractivity contribution in [2.24, 2.45) is 0 Å². The van der Waals surface area contributed by atoms with Crippen molar-refractivity contribution in [3.05, 3.63) is 47.8 Å². The van der Waals surface area contributed by atoms with Crippen LogP contribution in [0.3, 0.4) is 0 Å². The average Bonchev–Trinajstić information content (AvgIpc) is 2.71. The molecule has 2 heterocycles. The Hall–Kier alpha value is -2.70. The van der Waals surface area contributed by atoms with E-state index in [0.29, 0.717) is 18.8 Å². The molecule has 1 atom stereocenters. The summed E-state index contributed by atoms with van der Waals surface area (Å²) in [5, 5.41) is 6.61. The Morgan fingerprint density at radius 1 is 1.09 bits per heavy atom. The fourth-order valence-corrected chi connectivity index (χ4v) is 3.56. The minimum Gasteiger partial charge on any atom is -0.444 e. The number of carbonyl (C=O) groups is 2. The van der Waals surface area contributed by atoms with Gasteiger partial charge in [0.1, 0.15) is 5.60 Å². The summed E-state index contributed by atoms with van der Waals surface area (Å²) in [7, 11) is 2.65. The lowest BCUT2D eigenvalue weighted by Crippen LogP contribution is -2.49. The highest BCUT2D eigenvalue weighted by molar-refractivity contribution is 7.28. The molecule has 8 nitrogen and oxygen atoms in total. The fraction of sp³-hybridized carbons (Fsp3) is 0.435. The van der Waals surface area contributed by atoms with Crippen molar-refractivity contribution in [1.29, 1.82) is 0 Å². The van der Waals surface area contributed by atoms with Gasteiger partial charge in [-0.25, -0.2) is 9.59 Å². The maximum absolute atomic E-state index is 12.4. The summed E-state index contributed by atoms with van der Waals surface area (Å²) >= 11 is 0. The lowest BCUT2D eigenvalue weighted by atomic mass is 10.1. The van der Waals surface area contributed by atoms with Gasteiger partial charge in [-0.3, -0.25) is 9.88 Å². The third-order valence-corrected chi connectivity index (χ3v) is 5.47. The van der Waals surface area contributed by atoms with Crippen LogP contribution in [0.4, 0.5) is 21.0 Å². The van der Waals surface area contributed by atoms with Gasteiger partial charge in [0.15, 0.2) is 0 Å². The van der Waals surface area contributed by atoms with E-state index < -0.39 is 5.60 Å². The van der Waals surface area contributed by atoms with Crippen molar-refractivity contribution in [2.75, 3.05) is 36.8 Å². The van der Waals surface area contributed by atoms with E-state index >= 15 is 0 Å². The summed E-state index contributed by atoms with van der Waals surface area (Å²) < 4.78 is 5.46. The first-order valence-corrected chi connectivity index (χ1v) is 11.3. The molecule has 1 aliphatic rings. The summed E-state index contributed by atoms with van der Waals surface area (Å²) in [5.41, 5.74) is 2.87. The maximum atomic E-state index is 12.4. The van der Waals surface area contributed by atoms with Crippen molar-refractivity contribution in [1.82, 2.24) is 14.8 Å². The number of ether oxygens (including phenoxy) is 1. The molecule has 0 aliphatic carbocycles. The molecule has 1 aromatic carbocycles. The minimum atomic E-state index is -0.486. The molecule has 0 radical (unpaired) electrons. The Labute approximate surface area is 191 Å².